The van der Waals surface area contributed by atoms with Gasteiger partial charge in [0.05, 0.1) is 11.4 Å². The Hall–Kier alpha value is -9.12. The zero-order chi connectivity index (χ0) is 48.8. The summed E-state index contributed by atoms with van der Waals surface area (Å²) in [6.45, 7) is 0. The Balaban J connectivity index is 0.844. The molecule has 0 fully saturated rings. The molecule has 0 saturated heterocycles. The van der Waals surface area contributed by atoms with Crippen LogP contribution in [0, 0.1) is 0 Å². The molecule has 12 rings (SSSR count). The molecule has 0 bridgehead atoms. The standard InChI is InChI=1S/C69H56N4/c1-2-7-25-56(24-6-1)70(62-44-48-64(49-45-62)72(58-28-10-4-11-29-58)68-34-18-22-54-20-14-16-32-66(54)68)60-40-36-52(37-41-60)53-38-42-61(43-39-53)71(57-26-8-3-9-27-57)63-46-50-65(51-47-63)73(59-30-12-5-13-31-59)69-35-19-23-55-21-15-17-33-67(55)69/h3-6,8-12,14-30,32-51H,1-2,7,13,31H2. The van der Waals surface area contributed by atoms with Gasteiger partial charge in [0, 0.05) is 67.7 Å². The van der Waals surface area contributed by atoms with E-state index < -0.39 is 0 Å². The van der Waals surface area contributed by atoms with E-state index in [1.807, 2.05) is 0 Å². The van der Waals surface area contributed by atoms with E-state index in [-0.39, 0.29) is 0 Å². The third-order valence-corrected chi connectivity index (χ3v) is 14.1. The van der Waals surface area contributed by atoms with Gasteiger partial charge in [0.2, 0.25) is 0 Å². The first-order valence-electron chi connectivity index (χ1n) is 25.6. The first-order valence-corrected chi connectivity index (χ1v) is 25.6. The molecule has 0 spiro atoms. The predicted molar refractivity (Wildman–Crippen MR) is 311 cm³/mol. The summed E-state index contributed by atoms with van der Waals surface area (Å²) in [7, 11) is 0. The van der Waals surface area contributed by atoms with Crippen LogP contribution in [0.1, 0.15) is 32.1 Å². The molecule has 352 valence electrons. The molecule has 0 radical (unpaired) electrons. The van der Waals surface area contributed by atoms with Crippen LogP contribution in [0.15, 0.2) is 291 Å². The number of hydrogen-bond donors (Lipinski definition) is 0. The van der Waals surface area contributed by atoms with Gasteiger partial charge in [0.25, 0.3) is 0 Å². The topological polar surface area (TPSA) is 13.0 Å². The molecular weight excluding hydrogens is 885 g/mol. The molecule has 0 aromatic heterocycles. The number of anilines is 10. The molecule has 2 aliphatic carbocycles. The molecule has 4 heteroatoms. The third kappa shape index (κ3) is 9.35. The minimum atomic E-state index is 0.983. The Labute approximate surface area is 429 Å². The lowest BCUT2D eigenvalue weighted by Gasteiger charge is -2.31. The first-order chi connectivity index (χ1) is 36.2. The summed E-state index contributed by atoms with van der Waals surface area (Å²) in [4.78, 5) is 9.55. The molecule has 73 heavy (non-hydrogen) atoms. The van der Waals surface area contributed by atoms with Crippen LogP contribution in [0.3, 0.4) is 0 Å². The van der Waals surface area contributed by atoms with Crippen LogP contribution in [-0.4, -0.2) is 0 Å². The van der Waals surface area contributed by atoms with E-state index in [1.165, 1.54) is 44.2 Å². The zero-order valence-corrected chi connectivity index (χ0v) is 40.9. The Kier molecular flexibility index (Phi) is 12.8. The van der Waals surface area contributed by atoms with Crippen molar-refractivity contribution in [2.24, 2.45) is 0 Å². The smallest absolute Gasteiger partial charge is 0.0540 e. The highest BCUT2D eigenvalue weighted by molar-refractivity contribution is 6.00. The van der Waals surface area contributed by atoms with Crippen LogP contribution in [0.25, 0.3) is 32.7 Å². The quantitative estimate of drug-likeness (QED) is 0.114. The van der Waals surface area contributed by atoms with Crippen molar-refractivity contribution in [2.45, 2.75) is 32.1 Å². The largest absolute Gasteiger partial charge is 0.314 e. The molecule has 0 atom stereocenters. The van der Waals surface area contributed by atoms with Crippen molar-refractivity contribution in [1.82, 2.24) is 0 Å². The molecule has 0 aliphatic heterocycles. The van der Waals surface area contributed by atoms with E-state index in [2.05, 4.69) is 299 Å². The van der Waals surface area contributed by atoms with E-state index in [4.69, 9.17) is 0 Å². The second-order valence-corrected chi connectivity index (χ2v) is 18.7. The van der Waals surface area contributed by atoms with Crippen molar-refractivity contribution in [3.05, 3.63) is 291 Å². The van der Waals surface area contributed by atoms with Gasteiger partial charge in [-0.2, -0.15) is 0 Å². The van der Waals surface area contributed by atoms with E-state index in [0.717, 1.165) is 88.9 Å². The highest BCUT2D eigenvalue weighted by Gasteiger charge is 2.21. The lowest BCUT2D eigenvalue weighted by Crippen LogP contribution is -2.18. The highest BCUT2D eigenvalue weighted by atomic mass is 15.2. The Bertz CT molecular complexity index is 3620. The lowest BCUT2D eigenvalue weighted by atomic mass is 10.0. The minimum Gasteiger partial charge on any atom is -0.314 e. The summed E-state index contributed by atoms with van der Waals surface area (Å²) >= 11 is 0. The van der Waals surface area contributed by atoms with Gasteiger partial charge >= 0.3 is 0 Å². The fourth-order valence-electron chi connectivity index (χ4n) is 10.5. The molecule has 10 aromatic rings. The minimum absolute atomic E-state index is 0.983. The van der Waals surface area contributed by atoms with Crippen molar-refractivity contribution >= 4 is 78.4 Å². The highest BCUT2D eigenvalue weighted by Crippen LogP contribution is 2.43. The van der Waals surface area contributed by atoms with Gasteiger partial charge in [-0.05, 0) is 175 Å². The molecule has 10 aromatic carbocycles. The summed E-state index contributed by atoms with van der Waals surface area (Å²) in [5.74, 6) is 0. The second kappa shape index (κ2) is 20.7. The number of nitrogens with zero attached hydrogens (tertiary/aromatic N) is 4. The number of rotatable bonds is 13. The summed E-state index contributed by atoms with van der Waals surface area (Å²) < 4.78 is 0. The average molecular weight is 941 g/mol. The van der Waals surface area contributed by atoms with E-state index in [0.29, 0.717) is 0 Å². The summed E-state index contributed by atoms with van der Waals surface area (Å²) in [5, 5.41) is 4.91. The Morgan fingerprint density at radius 3 is 1.26 bits per heavy atom. The van der Waals surface area contributed by atoms with Crippen LogP contribution < -0.4 is 19.6 Å². The normalized spacial score (nSPS) is 13.3. The molecule has 0 heterocycles. The molecule has 0 amide bonds. The van der Waals surface area contributed by atoms with Crippen molar-refractivity contribution in [3.63, 3.8) is 0 Å². The van der Waals surface area contributed by atoms with Crippen LogP contribution in [0.4, 0.5) is 56.9 Å². The van der Waals surface area contributed by atoms with Crippen molar-refractivity contribution in [3.8, 4) is 11.1 Å². The number of allylic oxidation sites excluding steroid dienone is 7. The van der Waals surface area contributed by atoms with E-state index in [1.54, 1.807) is 0 Å². The van der Waals surface area contributed by atoms with Gasteiger partial charge in [-0.1, -0.05) is 158 Å². The first kappa shape index (κ1) is 45.0. The van der Waals surface area contributed by atoms with E-state index in [9.17, 15) is 0 Å². The number of fused-ring (bicyclic) bond motifs is 2. The van der Waals surface area contributed by atoms with Crippen LogP contribution >= 0.6 is 0 Å². The van der Waals surface area contributed by atoms with Gasteiger partial charge in [0.1, 0.15) is 0 Å². The molecule has 0 saturated carbocycles. The molecule has 2 aliphatic rings. The summed E-state index contributed by atoms with van der Waals surface area (Å²) in [6.07, 6.45) is 19.0. The maximum Gasteiger partial charge on any atom is 0.0540 e. The molecule has 0 unspecified atom stereocenters. The summed E-state index contributed by atoms with van der Waals surface area (Å²) in [5.41, 5.74) is 16.1. The number of para-hydroxylation sites is 2. The van der Waals surface area contributed by atoms with Gasteiger partial charge < -0.3 is 19.6 Å². The van der Waals surface area contributed by atoms with E-state index >= 15 is 0 Å². The second-order valence-electron chi connectivity index (χ2n) is 18.7. The van der Waals surface area contributed by atoms with Crippen molar-refractivity contribution in [1.29, 1.82) is 0 Å². The fraction of sp³-hybridized carbons (Fsp3) is 0.0725. The SMILES string of the molecule is C1=CCCC(N(c2ccc(N(c3ccccc3)c3ccc(-c4ccc(N(C5=CCCCC=C5)c5ccc(N(c6ccccc6)c6cccc7ccccc67)cc5)cc4)cc3)cc2)c2cccc3ccccc23)=C1. The van der Waals surface area contributed by atoms with Gasteiger partial charge in [0.15, 0.2) is 0 Å². The fourth-order valence-corrected chi connectivity index (χ4v) is 10.5. The Morgan fingerprint density at radius 2 is 0.726 bits per heavy atom. The van der Waals surface area contributed by atoms with Crippen LogP contribution in [-0.2, 0) is 0 Å². The predicted octanol–water partition coefficient (Wildman–Crippen LogP) is 19.7. The average Bonchev–Trinajstić information content (AvgIpc) is 3.75. The summed E-state index contributed by atoms with van der Waals surface area (Å²) in [6, 6.07) is 88.0. The van der Waals surface area contributed by atoms with Crippen molar-refractivity contribution < 1.29 is 0 Å². The third-order valence-electron chi connectivity index (χ3n) is 14.1. The Morgan fingerprint density at radius 1 is 0.301 bits per heavy atom. The zero-order valence-electron chi connectivity index (χ0n) is 40.9. The molecule has 0 N–H and O–H groups in total. The molecular formula is C69H56N4. The van der Waals surface area contributed by atoms with Crippen LogP contribution in [0.5, 0.6) is 0 Å². The monoisotopic (exact) mass is 940 g/mol. The van der Waals surface area contributed by atoms with Crippen LogP contribution in [0.2, 0.25) is 0 Å². The lowest BCUT2D eigenvalue weighted by molar-refractivity contribution is 0.873. The number of benzene rings is 10. The maximum absolute atomic E-state index is 2.44. The van der Waals surface area contributed by atoms with Gasteiger partial charge in [-0.3, -0.25) is 0 Å². The maximum atomic E-state index is 2.44. The van der Waals surface area contributed by atoms with Gasteiger partial charge in [-0.15, -0.1) is 0 Å². The molecule has 4 nitrogen and oxygen atoms in total. The van der Waals surface area contributed by atoms with Crippen molar-refractivity contribution in [2.75, 3.05) is 19.6 Å². The number of hydrogen-bond acceptors (Lipinski definition) is 4. The van der Waals surface area contributed by atoms with Gasteiger partial charge in [-0.25, -0.2) is 0 Å².